The molecule has 22 heavy (non-hydrogen) atoms. The van der Waals surface area contributed by atoms with Gasteiger partial charge in [0.05, 0.1) is 0 Å². The molecule has 1 aliphatic heterocycles. The highest BCUT2D eigenvalue weighted by atomic mass is 35.5. The Kier molecular flexibility index (Phi) is 6.11. The number of nitrogens with one attached hydrogen (secondary N) is 1. The molecular formula is C17H22ClN3O. The molecule has 2 rings (SSSR count). The van der Waals surface area contributed by atoms with Gasteiger partial charge in [0, 0.05) is 50.0 Å². The van der Waals surface area contributed by atoms with E-state index in [2.05, 4.69) is 39.9 Å². The molecule has 5 heteroatoms. The average molecular weight is 320 g/mol. The van der Waals surface area contributed by atoms with Crippen molar-refractivity contribution in [3.8, 4) is 11.8 Å². The normalized spacial score (nSPS) is 15.1. The van der Waals surface area contributed by atoms with E-state index in [9.17, 15) is 4.79 Å². The molecule has 0 spiro atoms. The summed E-state index contributed by atoms with van der Waals surface area (Å²) in [5.41, 5.74) is 2.47. The second-order valence-corrected chi connectivity index (χ2v) is 5.83. The fourth-order valence-electron chi connectivity index (χ4n) is 2.62. The standard InChI is InChI=1S/C17H22ClN3O/c1-3-4-17(22)19-7-8-20-9-11-21(12-10-20)16-13-15(18)6-5-14(16)2/h5-6,13H,7-12H2,1-2H3,(H,19,22). The lowest BCUT2D eigenvalue weighted by atomic mass is 10.1. The van der Waals surface area contributed by atoms with Crippen LogP contribution < -0.4 is 10.2 Å². The number of aryl methyl sites for hydroxylation is 1. The number of hydrogen-bond acceptors (Lipinski definition) is 3. The van der Waals surface area contributed by atoms with Crippen LogP contribution in [0.4, 0.5) is 5.69 Å². The van der Waals surface area contributed by atoms with Crippen LogP contribution in [0, 0.1) is 18.8 Å². The van der Waals surface area contributed by atoms with E-state index in [1.54, 1.807) is 6.92 Å². The number of carbonyl (C=O) groups is 1. The number of rotatable bonds is 4. The molecule has 0 aliphatic carbocycles. The number of benzene rings is 1. The van der Waals surface area contributed by atoms with Crippen LogP contribution in [0.2, 0.25) is 5.02 Å². The zero-order valence-electron chi connectivity index (χ0n) is 13.2. The summed E-state index contributed by atoms with van der Waals surface area (Å²) in [6.45, 7) is 9.21. The summed E-state index contributed by atoms with van der Waals surface area (Å²) in [6, 6.07) is 6.03. The van der Waals surface area contributed by atoms with Crippen molar-refractivity contribution in [3.05, 3.63) is 28.8 Å². The summed E-state index contributed by atoms with van der Waals surface area (Å²) >= 11 is 6.10. The quantitative estimate of drug-likeness (QED) is 0.861. The predicted molar refractivity (Wildman–Crippen MR) is 91.3 cm³/mol. The van der Waals surface area contributed by atoms with Crippen LogP contribution >= 0.6 is 11.6 Å². The first-order valence-electron chi connectivity index (χ1n) is 7.54. The Morgan fingerprint density at radius 3 is 2.73 bits per heavy atom. The molecule has 0 radical (unpaired) electrons. The second-order valence-electron chi connectivity index (χ2n) is 5.39. The van der Waals surface area contributed by atoms with Crippen LogP contribution in [0.3, 0.4) is 0 Å². The van der Waals surface area contributed by atoms with Crippen molar-refractivity contribution in [3.63, 3.8) is 0 Å². The molecule has 0 aromatic heterocycles. The number of amides is 1. The van der Waals surface area contributed by atoms with Crippen molar-refractivity contribution < 1.29 is 4.79 Å². The maximum Gasteiger partial charge on any atom is 0.295 e. The Bertz CT molecular complexity index is 583. The molecule has 1 fully saturated rings. The minimum absolute atomic E-state index is 0.198. The van der Waals surface area contributed by atoms with E-state index in [1.807, 2.05) is 12.1 Å². The summed E-state index contributed by atoms with van der Waals surface area (Å²) in [4.78, 5) is 16.0. The molecule has 1 aliphatic rings. The molecule has 0 atom stereocenters. The molecule has 4 nitrogen and oxygen atoms in total. The van der Waals surface area contributed by atoms with Crippen molar-refractivity contribution >= 4 is 23.2 Å². The Morgan fingerprint density at radius 2 is 2.05 bits per heavy atom. The van der Waals surface area contributed by atoms with Gasteiger partial charge in [-0.2, -0.15) is 0 Å². The lowest BCUT2D eigenvalue weighted by molar-refractivity contribution is -0.115. The Balaban J connectivity index is 1.79. The van der Waals surface area contributed by atoms with Crippen LogP contribution in [0.1, 0.15) is 12.5 Å². The van der Waals surface area contributed by atoms with Crippen molar-refractivity contribution in [2.75, 3.05) is 44.2 Å². The first-order chi connectivity index (χ1) is 10.6. The third-order valence-electron chi connectivity index (χ3n) is 3.84. The minimum atomic E-state index is -0.198. The number of anilines is 1. The number of halogens is 1. The summed E-state index contributed by atoms with van der Waals surface area (Å²) in [7, 11) is 0. The summed E-state index contributed by atoms with van der Waals surface area (Å²) in [5, 5.41) is 3.59. The zero-order chi connectivity index (χ0) is 15.9. The Labute approximate surface area is 137 Å². The Morgan fingerprint density at radius 1 is 1.32 bits per heavy atom. The minimum Gasteiger partial charge on any atom is -0.369 e. The van der Waals surface area contributed by atoms with Gasteiger partial charge in [-0.15, -0.1) is 0 Å². The van der Waals surface area contributed by atoms with Gasteiger partial charge < -0.3 is 10.2 Å². The van der Waals surface area contributed by atoms with Gasteiger partial charge in [0.15, 0.2) is 0 Å². The fraction of sp³-hybridized carbons (Fsp3) is 0.471. The summed E-state index contributed by atoms with van der Waals surface area (Å²) < 4.78 is 0. The van der Waals surface area contributed by atoms with Gasteiger partial charge in [-0.3, -0.25) is 9.69 Å². The van der Waals surface area contributed by atoms with E-state index in [0.717, 1.165) is 37.7 Å². The molecule has 1 heterocycles. The highest BCUT2D eigenvalue weighted by Crippen LogP contribution is 2.25. The van der Waals surface area contributed by atoms with Crippen LogP contribution in [0.25, 0.3) is 0 Å². The van der Waals surface area contributed by atoms with Gasteiger partial charge in [0.1, 0.15) is 0 Å². The highest BCUT2D eigenvalue weighted by Gasteiger charge is 2.18. The summed E-state index contributed by atoms with van der Waals surface area (Å²) in [6.07, 6.45) is 0. The van der Waals surface area contributed by atoms with Crippen LogP contribution in [-0.4, -0.2) is 50.1 Å². The molecule has 1 saturated heterocycles. The monoisotopic (exact) mass is 319 g/mol. The van der Waals surface area contributed by atoms with E-state index in [4.69, 9.17) is 11.6 Å². The maximum atomic E-state index is 11.3. The van der Waals surface area contributed by atoms with Gasteiger partial charge in [-0.25, -0.2) is 0 Å². The highest BCUT2D eigenvalue weighted by molar-refractivity contribution is 6.30. The van der Waals surface area contributed by atoms with Crippen molar-refractivity contribution in [1.82, 2.24) is 10.2 Å². The molecular weight excluding hydrogens is 298 g/mol. The number of nitrogens with zero attached hydrogens (tertiary/aromatic N) is 2. The van der Waals surface area contributed by atoms with Gasteiger partial charge in [0.25, 0.3) is 5.91 Å². The largest absolute Gasteiger partial charge is 0.369 e. The van der Waals surface area contributed by atoms with Crippen LogP contribution in [0.15, 0.2) is 18.2 Å². The lowest BCUT2D eigenvalue weighted by Crippen LogP contribution is -2.48. The van der Waals surface area contributed by atoms with Gasteiger partial charge in [-0.05, 0) is 37.5 Å². The van der Waals surface area contributed by atoms with E-state index in [-0.39, 0.29) is 5.91 Å². The first-order valence-corrected chi connectivity index (χ1v) is 7.92. The zero-order valence-corrected chi connectivity index (χ0v) is 13.9. The summed E-state index contributed by atoms with van der Waals surface area (Å²) in [5.74, 6) is 4.88. The van der Waals surface area contributed by atoms with Crippen LogP contribution in [0.5, 0.6) is 0 Å². The van der Waals surface area contributed by atoms with Crippen molar-refractivity contribution in [2.24, 2.45) is 0 Å². The van der Waals surface area contributed by atoms with Gasteiger partial charge in [-0.1, -0.05) is 23.6 Å². The molecule has 0 unspecified atom stereocenters. The first kappa shape index (κ1) is 16.7. The number of hydrogen-bond donors (Lipinski definition) is 1. The third kappa shape index (κ3) is 4.66. The van der Waals surface area contributed by atoms with E-state index < -0.39 is 0 Å². The van der Waals surface area contributed by atoms with Gasteiger partial charge >= 0.3 is 0 Å². The molecule has 1 aromatic carbocycles. The third-order valence-corrected chi connectivity index (χ3v) is 4.07. The molecule has 118 valence electrons. The van der Waals surface area contributed by atoms with Crippen LogP contribution in [-0.2, 0) is 4.79 Å². The molecule has 0 bridgehead atoms. The van der Waals surface area contributed by atoms with Crippen molar-refractivity contribution in [1.29, 1.82) is 0 Å². The van der Waals surface area contributed by atoms with E-state index in [0.29, 0.717) is 6.54 Å². The molecule has 1 aromatic rings. The topological polar surface area (TPSA) is 35.6 Å². The van der Waals surface area contributed by atoms with Gasteiger partial charge in [0.2, 0.25) is 0 Å². The molecule has 0 saturated carbocycles. The SMILES string of the molecule is CC#CC(=O)NCCN1CCN(c2cc(Cl)ccc2C)CC1. The number of carbonyl (C=O) groups excluding carboxylic acids is 1. The molecule has 1 N–H and O–H groups in total. The van der Waals surface area contributed by atoms with E-state index in [1.165, 1.54) is 11.3 Å². The van der Waals surface area contributed by atoms with Crippen molar-refractivity contribution in [2.45, 2.75) is 13.8 Å². The molecule has 1 amide bonds. The Hall–Kier alpha value is -1.70. The fourth-order valence-corrected chi connectivity index (χ4v) is 2.79. The van der Waals surface area contributed by atoms with E-state index >= 15 is 0 Å². The number of piperazine rings is 1. The smallest absolute Gasteiger partial charge is 0.295 e. The second kappa shape index (κ2) is 8.07. The maximum absolute atomic E-state index is 11.3. The lowest BCUT2D eigenvalue weighted by Gasteiger charge is -2.36. The predicted octanol–water partition coefficient (Wildman–Crippen LogP) is 1.91. The average Bonchev–Trinajstić information content (AvgIpc) is 2.51.